The molecule has 8 heteroatoms. The summed E-state index contributed by atoms with van der Waals surface area (Å²) in [6.45, 7) is 0. The second-order valence-corrected chi connectivity index (χ2v) is 5.72. The molecule has 0 aliphatic heterocycles. The highest BCUT2D eigenvalue weighted by molar-refractivity contribution is 6.31. The lowest BCUT2D eigenvalue weighted by atomic mass is 10.1. The van der Waals surface area contributed by atoms with Gasteiger partial charge in [-0.2, -0.15) is 5.10 Å². The molecule has 0 aliphatic carbocycles. The summed E-state index contributed by atoms with van der Waals surface area (Å²) in [6.07, 6.45) is 0. The van der Waals surface area contributed by atoms with Gasteiger partial charge in [-0.1, -0.05) is 11.6 Å². The number of H-pyrrole nitrogens is 1. The fourth-order valence-corrected chi connectivity index (χ4v) is 2.54. The first-order chi connectivity index (χ1) is 12.5. The topological polar surface area (TPSA) is 76.2 Å². The van der Waals surface area contributed by atoms with E-state index in [9.17, 15) is 9.18 Å². The summed E-state index contributed by atoms with van der Waals surface area (Å²) < 4.78 is 23.7. The van der Waals surface area contributed by atoms with Gasteiger partial charge in [0.15, 0.2) is 0 Å². The van der Waals surface area contributed by atoms with Gasteiger partial charge in [-0.15, -0.1) is 0 Å². The molecular weight excluding hydrogens is 361 g/mol. The highest BCUT2D eigenvalue weighted by Gasteiger charge is 2.15. The number of carbonyl (C=O) groups excluding carboxylic acids is 1. The Balaban J connectivity index is 1.83. The summed E-state index contributed by atoms with van der Waals surface area (Å²) in [5, 5.41) is 9.38. The molecule has 2 aromatic carbocycles. The highest BCUT2D eigenvalue weighted by Crippen LogP contribution is 2.32. The maximum absolute atomic E-state index is 13.2. The Morgan fingerprint density at radius 1 is 1.15 bits per heavy atom. The lowest BCUT2D eigenvalue weighted by molar-refractivity contribution is 0.102. The summed E-state index contributed by atoms with van der Waals surface area (Å²) in [5.41, 5.74) is 1.85. The number of ether oxygens (including phenoxy) is 2. The highest BCUT2D eigenvalue weighted by atomic mass is 35.5. The monoisotopic (exact) mass is 375 g/mol. The Labute approximate surface area is 153 Å². The van der Waals surface area contributed by atoms with E-state index in [-0.39, 0.29) is 10.7 Å². The molecular formula is C18H15ClFN3O3. The number of benzene rings is 2. The number of carbonyl (C=O) groups is 1. The molecule has 6 nitrogen and oxygen atoms in total. The number of halogens is 2. The van der Waals surface area contributed by atoms with Gasteiger partial charge in [0, 0.05) is 17.3 Å². The molecule has 1 amide bonds. The first-order valence-corrected chi connectivity index (χ1v) is 7.94. The molecule has 0 spiro atoms. The summed E-state index contributed by atoms with van der Waals surface area (Å²) in [5.74, 6) is 0.222. The van der Waals surface area contributed by atoms with Crippen LogP contribution in [0, 0.1) is 5.82 Å². The normalized spacial score (nSPS) is 10.5. The zero-order valence-electron chi connectivity index (χ0n) is 14.0. The zero-order chi connectivity index (χ0) is 18.7. The molecule has 0 saturated heterocycles. The van der Waals surface area contributed by atoms with Gasteiger partial charge in [0.25, 0.3) is 5.91 Å². The number of nitrogens with zero attached hydrogens (tertiary/aromatic N) is 1. The molecule has 1 aromatic heterocycles. The third-order valence-corrected chi connectivity index (χ3v) is 3.97. The number of methoxy groups -OCH3 is 2. The minimum atomic E-state index is -0.555. The average Bonchev–Trinajstić information content (AvgIpc) is 3.14. The molecule has 0 unspecified atom stereocenters. The number of aromatic nitrogens is 2. The Hall–Kier alpha value is -3.06. The number of anilines is 1. The van der Waals surface area contributed by atoms with Crippen molar-refractivity contribution in [2.75, 3.05) is 19.5 Å². The van der Waals surface area contributed by atoms with Gasteiger partial charge < -0.3 is 14.8 Å². The molecule has 0 bridgehead atoms. The van der Waals surface area contributed by atoms with E-state index >= 15 is 0 Å². The van der Waals surface area contributed by atoms with Crippen LogP contribution in [0.4, 0.5) is 10.1 Å². The third-order valence-electron chi connectivity index (χ3n) is 3.68. The molecule has 1 heterocycles. The first kappa shape index (κ1) is 17.8. The second kappa shape index (κ2) is 7.45. The van der Waals surface area contributed by atoms with Crippen molar-refractivity contribution in [3.8, 4) is 22.8 Å². The van der Waals surface area contributed by atoms with Crippen LogP contribution in [0.5, 0.6) is 11.5 Å². The number of nitrogens with one attached hydrogen (secondary N) is 2. The maximum atomic E-state index is 13.2. The Morgan fingerprint density at radius 2 is 1.96 bits per heavy atom. The van der Waals surface area contributed by atoms with Crippen molar-refractivity contribution in [2.45, 2.75) is 0 Å². The Bertz CT molecular complexity index is 959. The van der Waals surface area contributed by atoms with Crippen LogP contribution in [-0.4, -0.2) is 30.3 Å². The van der Waals surface area contributed by atoms with Gasteiger partial charge in [0.05, 0.1) is 24.9 Å². The number of amides is 1. The minimum absolute atomic E-state index is 0.0731. The Morgan fingerprint density at radius 3 is 2.65 bits per heavy atom. The van der Waals surface area contributed by atoms with Crippen LogP contribution in [-0.2, 0) is 0 Å². The van der Waals surface area contributed by atoms with Crippen LogP contribution in [0.25, 0.3) is 11.3 Å². The fourth-order valence-electron chi connectivity index (χ4n) is 2.36. The third kappa shape index (κ3) is 3.62. The first-order valence-electron chi connectivity index (χ1n) is 7.56. The van der Waals surface area contributed by atoms with Gasteiger partial charge >= 0.3 is 0 Å². The van der Waals surface area contributed by atoms with E-state index in [1.165, 1.54) is 25.3 Å². The Kier molecular flexibility index (Phi) is 5.09. The zero-order valence-corrected chi connectivity index (χ0v) is 14.7. The van der Waals surface area contributed by atoms with Gasteiger partial charge in [-0.3, -0.25) is 9.89 Å². The largest absolute Gasteiger partial charge is 0.497 e. The summed E-state index contributed by atoms with van der Waals surface area (Å²) in [4.78, 5) is 12.3. The molecule has 0 saturated carbocycles. The van der Waals surface area contributed by atoms with E-state index in [1.54, 1.807) is 31.4 Å². The van der Waals surface area contributed by atoms with E-state index < -0.39 is 11.7 Å². The number of hydrogen-bond donors (Lipinski definition) is 2. The van der Waals surface area contributed by atoms with Crippen LogP contribution >= 0.6 is 11.6 Å². The molecule has 3 aromatic rings. The van der Waals surface area contributed by atoms with Gasteiger partial charge in [0.1, 0.15) is 23.0 Å². The fraction of sp³-hybridized carbons (Fsp3) is 0.111. The van der Waals surface area contributed by atoms with Crippen molar-refractivity contribution in [3.63, 3.8) is 0 Å². The van der Waals surface area contributed by atoms with Crippen molar-refractivity contribution in [2.24, 2.45) is 0 Å². The van der Waals surface area contributed by atoms with Crippen molar-refractivity contribution >= 4 is 23.2 Å². The molecule has 0 radical (unpaired) electrons. The van der Waals surface area contributed by atoms with Gasteiger partial charge in [0.2, 0.25) is 0 Å². The van der Waals surface area contributed by atoms with Crippen molar-refractivity contribution in [3.05, 3.63) is 59.0 Å². The van der Waals surface area contributed by atoms with E-state index in [0.29, 0.717) is 28.4 Å². The lowest BCUT2D eigenvalue weighted by Crippen LogP contribution is -2.12. The predicted molar refractivity (Wildman–Crippen MR) is 96.5 cm³/mol. The van der Waals surface area contributed by atoms with Crippen LogP contribution in [0.2, 0.25) is 5.02 Å². The minimum Gasteiger partial charge on any atom is -0.497 e. The predicted octanol–water partition coefficient (Wildman–Crippen LogP) is 4.14. The summed E-state index contributed by atoms with van der Waals surface area (Å²) >= 11 is 5.71. The standard InChI is InChI=1S/C18H15ClFN3O3/c1-25-11-4-5-12(17(8-11)26-2)15-9-16(23-22-15)18(24)21-10-3-6-14(20)13(19)7-10/h3-9H,1-2H3,(H,21,24)(H,22,23). The van der Waals surface area contributed by atoms with Crippen LogP contribution in [0.1, 0.15) is 10.5 Å². The van der Waals surface area contributed by atoms with E-state index in [0.717, 1.165) is 0 Å². The molecule has 2 N–H and O–H groups in total. The van der Waals surface area contributed by atoms with E-state index in [2.05, 4.69) is 15.5 Å². The summed E-state index contributed by atoms with van der Waals surface area (Å²) in [7, 11) is 3.10. The van der Waals surface area contributed by atoms with Gasteiger partial charge in [-0.05, 0) is 36.4 Å². The SMILES string of the molecule is COc1ccc(-c2cc(C(=O)Nc3ccc(F)c(Cl)c3)[nH]n2)c(OC)c1. The molecule has 26 heavy (non-hydrogen) atoms. The lowest BCUT2D eigenvalue weighted by Gasteiger charge is -2.08. The molecule has 0 fully saturated rings. The van der Waals surface area contributed by atoms with Crippen molar-refractivity contribution < 1.29 is 18.7 Å². The van der Waals surface area contributed by atoms with Gasteiger partial charge in [-0.25, -0.2) is 4.39 Å². The molecule has 3 rings (SSSR count). The quantitative estimate of drug-likeness (QED) is 0.702. The number of rotatable bonds is 5. The number of hydrogen-bond acceptors (Lipinski definition) is 4. The van der Waals surface area contributed by atoms with E-state index in [4.69, 9.17) is 21.1 Å². The summed E-state index contributed by atoms with van der Waals surface area (Å²) in [6, 6.07) is 10.8. The molecule has 134 valence electrons. The second-order valence-electron chi connectivity index (χ2n) is 5.32. The smallest absolute Gasteiger partial charge is 0.273 e. The van der Waals surface area contributed by atoms with Crippen molar-refractivity contribution in [1.82, 2.24) is 10.2 Å². The maximum Gasteiger partial charge on any atom is 0.273 e. The average molecular weight is 376 g/mol. The molecule has 0 atom stereocenters. The van der Waals surface area contributed by atoms with Crippen molar-refractivity contribution in [1.29, 1.82) is 0 Å². The van der Waals surface area contributed by atoms with Crippen LogP contribution < -0.4 is 14.8 Å². The molecule has 0 aliphatic rings. The number of aromatic amines is 1. The van der Waals surface area contributed by atoms with Crippen LogP contribution in [0.3, 0.4) is 0 Å². The van der Waals surface area contributed by atoms with E-state index in [1.807, 2.05) is 0 Å². The van der Waals surface area contributed by atoms with Crippen LogP contribution in [0.15, 0.2) is 42.5 Å².